The van der Waals surface area contributed by atoms with Gasteiger partial charge in [0.2, 0.25) is 0 Å². The Hall–Kier alpha value is -2.37. The lowest BCUT2D eigenvalue weighted by Gasteiger charge is -2.10. The van der Waals surface area contributed by atoms with Crippen molar-refractivity contribution in [2.75, 3.05) is 5.32 Å². The Balaban J connectivity index is 2.23. The average molecular weight is 280 g/mol. The Morgan fingerprint density at radius 1 is 1.20 bits per heavy atom. The molecule has 1 heterocycles. The van der Waals surface area contributed by atoms with Gasteiger partial charge in [-0.25, -0.2) is 4.98 Å². The zero-order chi connectivity index (χ0) is 14.8. The van der Waals surface area contributed by atoms with Crippen molar-refractivity contribution >= 4 is 11.7 Å². The Morgan fingerprint density at radius 2 is 1.90 bits per heavy atom. The van der Waals surface area contributed by atoms with Gasteiger partial charge in [-0.2, -0.15) is 13.2 Å². The summed E-state index contributed by atoms with van der Waals surface area (Å²) in [4.78, 5) is 15.7. The number of pyridine rings is 1. The van der Waals surface area contributed by atoms with E-state index in [0.717, 1.165) is 23.9 Å². The van der Waals surface area contributed by atoms with Crippen molar-refractivity contribution in [3.63, 3.8) is 0 Å². The summed E-state index contributed by atoms with van der Waals surface area (Å²) in [6.07, 6.45) is -3.46. The van der Waals surface area contributed by atoms with Gasteiger partial charge in [0.25, 0.3) is 5.91 Å². The van der Waals surface area contributed by atoms with Gasteiger partial charge in [-0.1, -0.05) is 18.2 Å². The van der Waals surface area contributed by atoms with Crippen LogP contribution in [0.25, 0.3) is 0 Å². The summed E-state index contributed by atoms with van der Waals surface area (Å²) in [5, 5.41) is 2.36. The molecule has 6 heteroatoms. The van der Waals surface area contributed by atoms with Gasteiger partial charge in [-0.15, -0.1) is 0 Å². The Labute approximate surface area is 113 Å². The molecule has 0 radical (unpaired) electrons. The molecule has 0 aliphatic rings. The Morgan fingerprint density at radius 3 is 2.55 bits per heavy atom. The van der Waals surface area contributed by atoms with Crippen LogP contribution < -0.4 is 5.32 Å². The minimum atomic E-state index is -4.47. The zero-order valence-corrected chi connectivity index (χ0v) is 10.5. The molecule has 3 nitrogen and oxygen atoms in total. The highest BCUT2D eigenvalue weighted by Gasteiger charge is 2.30. The van der Waals surface area contributed by atoms with Gasteiger partial charge in [-0.3, -0.25) is 4.79 Å². The van der Waals surface area contributed by atoms with Crippen LogP contribution in [0, 0.1) is 6.92 Å². The Bertz CT molecular complexity index is 638. The van der Waals surface area contributed by atoms with E-state index in [0.29, 0.717) is 5.56 Å². The number of halogens is 3. The number of aromatic nitrogens is 1. The first-order valence-electron chi connectivity index (χ1n) is 5.78. The number of nitrogens with zero attached hydrogens (tertiary/aromatic N) is 1. The van der Waals surface area contributed by atoms with Crippen molar-refractivity contribution in [1.29, 1.82) is 0 Å². The fourth-order valence-corrected chi connectivity index (χ4v) is 1.69. The molecule has 0 spiro atoms. The lowest BCUT2D eigenvalue weighted by molar-refractivity contribution is -0.137. The van der Waals surface area contributed by atoms with Crippen LogP contribution in [0.4, 0.5) is 19.0 Å². The van der Waals surface area contributed by atoms with Crippen molar-refractivity contribution in [1.82, 2.24) is 4.98 Å². The van der Waals surface area contributed by atoms with E-state index >= 15 is 0 Å². The molecule has 0 aliphatic heterocycles. The second kappa shape index (κ2) is 5.32. The molecule has 2 rings (SSSR count). The van der Waals surface area contributed by atoms with Gasteiger partial charge in [-0.05, 0) is 30.7 Å². The fraction of sp³-hybridized carbons (Fsp3) is 0.143. The normalized spacial score (nSPS) is 11.2. The number of aryl methyl sites for hydroxylation is 1. The van der Waals surface area contributed by atoms with Crippen LogP contribution in [0.3, 0.4) is 0 Å². The maximum absolute atomic E-state index is 12.6. The van der Waals surface area contributed by atoms with E-state index in [1.54, 1.807) is 31.2 Å². The van der Waals surface area contributed by atoms with Crippen LogP contribution in [0.5, 0.6) is 0 Å². The van der Waals surface area contributed by atoms with Crippen LogP contribution in [0.1, 0.15) is 21.5 Å². The molecule has 0 bridgehead atoms. The fourth-order valence-electron chi connectivity index (χ4n) is 1.69. The lowest BCUT2D eigenvalue weighted by Crippen LogP contribution is -2.15. The van der Waals surface area contributed by atoms with Crippen molar-refractivity contribution in [3.05, 3.63) is 59.3 Å². The van der Waals surface area contributed by atoms with E-state index in [1.807, 2.05) is 0 Å². The van der Waals surface area contributed by atoms with Gasteiger partial charge in [0.05, 0.1) is 5.56 Å². The minimum absolute atomic E-state index is 0.131. The SMILES string of the molecule is Cc1ccccc1C(=O)Nc1cc(C(F)(F)F)ccn1. The van der Waals surface area contributed by atoms with Crippen molar-refractivity contribution < 1.29 is 18.0 Å². The average Bonchev–Trinajstić information content (AvgIpc) is 2.38. The number of amides is 1. The summed E-state index contributed by atoms with van der Waals surface area (Å²) in [6.45, 7) is 1.74. The summed E-state index contributed by atoms with van der Waals surface area (Å²) in [5.41, 5.74) is 0.274. The molecule has 0 saturated heterocycles. The largest absolute Gasteiger partial charge is 0.416 e. The maximum atomic E-state index is 12.6. The van der Waals surface area contributed by atoms with Gasteiger partial charge in [0, 0.05) is 11.8 Å². The number of carbonyl (C=O) groups excluding carboxylic acids is 1. The third-order valence-electron chi connectivity index (χ3n) is 2.72. The van der Waals surface area contributed by atoms with Gasteiger partial charge < -0.3 is 5.32 Å². The van der Waals surface area contributed by atoms with Crippen LogP contribution in [0.2, 0.25) is 0 Å². The van der Waals surface area contributed by atoms with Crippen LogP contribution in [0.15, 0.2) is 42.6 Å². The number of benzene rings is 1. The number of carbonyl (C=O) groups is 1. The number of anilines is 1. The third-order valence-corrected chi connectivity index (χ3v) is 2.72. The Kier molecular flexibility index (Phi) is 3.74. The molecule has 104 valence electrons. The van der Waals surface area contributed by atoms with E-state index in [9.17, 15) is 18.0 Å². The molecule has 1 N–H and O–H groups in total. The predicted molar refractivity (Wildman–Crippen MR) is 68.4 cm³/mol. The molecular weight excluding hydrogens is 269 g/mol. The second-order valence-electron chi connectivity index (χ2n) is 4.20. The summed E-state index contributed by atoms with van der Waals surface area (Å²) >= 11 is 0. The van der Waals surface area contributed by atoms with E-state index < -0.39 is 17.6 Å². The number of hydrogen-bond donors (Lipinski definition) is 1. The number of hydrogen-bond acceptors (Lipinski definition) is 2. The quantitative estimate of drug-likeness (QED) is 0.912. The first-order valence-corrected chi connectivity index (χ1v) is 5.78. The number of nitrogens with one attached hydrogen (secondary N) is 1. The predicted octanol–water partition coefficient (Wildman–Crippen LogP) is 3.66. The van der Waals surface area contributed by atoms with Crippen molar-refractivity contribution in [3.8, 4) is 0 Å². The second-order valence-corrected chi connectivity index (χ2v) is 4.20. The van der Waals surface area contributed by atoms with Crippen molar-refractivity contribution in [2.24, 2.45) is 0 Å². The molecule has 0 unspecified atom stereocenters. The van der Waals surface area contributed by atoms with Crippen LogP contribution >= 0.6 is 0 Å². The van der Waals surface area contributed by atoms with Crippen LogP contribution in [-0.4, -0.2) is 10.9 Å². The minimum Gasteiger partial charge on any atom is -0.307 e. The molecule has 1 aromatic carbocycles. The van der Waals surface area contributed by atoms with Gasteiger partial charge >= 0.3 is 6.18 Å². The molecular formula is C14H11F3N2O. The van der Waals surface area contributed by atoms with Crippen LogP contribution in [-0.2, 0) is 6.18 Å². The summed E-state index contributed by atoms with van der Waals surface area (Å²) < 4.78 is 37.7. The first kappa shape index (κ1) is 14.0. The molecule has 0 saturated carbocycles. The third kappa shape index (κ3) is 3.14. The topological polar surface area (TPSA) is 42.0 Å². The summed E-state index contributed by atoms with van der Waals surface area (Å²) in [7, 11) is 0. The molecule has 0 atom stereocenters. The molecule has 1 amide bonds. The smallest absolute Gasteiger partial charge is 0.307 e. The standard InChI is InChI=1S/C14H11F3N2O/c1-9-4-2-3-5-11(9)13(20)19-12-8-10(6-7-18-12)14(15,16)17/h2-8H,1H3,(H,18,19,20). The van der Waals surface area contributed by atoms with E-state index in [1.165, 1.54) is 0 Å². The first-order chi connectivity index (χ1) is 9.38. The highest BCUT2D eigenvalue weighted by Crippen LogP contribution is 2.29. The monoisotopic (exact) mass is 280 g/mol. The van der Waals surface area contributed by atoms with E-state index in [-0.39, 0.29) is 5.82 Å². The van der Waals surface area contributed by atoms with Gasteiger partial charge in [0.15, 0.2) is 0 Å². The number of alkyl halides is 3. The highest BCUT2D eigenvalue weighted by molar-refractivity contribution is 6.04. The molecule has 1 aromatic heterocycles. The number of rotatable bonds is 2. The molecule has 2 aromatic rings. The van der Waals surface area contributed by atoms with E-state index in [2.05, 4.69) is 10.3 Å². The summed E-state index contributed by atoms with van der Waals surface area (Å²) in [6, 6.07) is 8.45. The van der Waals surface area contributed by atoms with E-state index in [4.69, 9.17) is 0 Å². The van der Waals surface area contributed by atoms with Gasteiger partial charge in [0.1, 0.15) is 5.82 Å². The summed E-state index contributed by atoms with van der Waals surface area (Å²) in [5.74, 6) is -0.622. The molecule has 0 fully saturated rings. The molecule has 0 aliphatic carbocycles. The lowest BCUT2D eigenvalue weighted by atomic mass is 10.1. The van der Waals surface area contributed by atoms with Crippen molar-refractivity contribution in [2.45, 2.75) is 13.1 Å². The highest BCUT2D eigenvalue weighted by atomic mass is 19.4. The molecule has 20 heavy (non-hydrogen) atoms. The maximum Gasteiger partial charge on any atom is 0.416 e. The zero-order valence-electron chi connectivity index (χ0n) is 10.5.